The Balaban J connectivity index is -0.00000000667. The summed E-state index contributed by atoms with van der Waals surface area (Å²) in [5.41, 5.74) is 0. The van der Waals surface area contributed by atoms with Crippen LogP contribution in [-0.2, 0) is 4.74 Å². The molecule has 3 nitrogen and oxygen atoms in total. The van der Waals surface area contributed by atoms with Crippen LogP contribution in [-0.4, -0.2) is 74.1 Å². The van der Waals surface area contributed by atoms with Gasteiger partial charge in [0, 0.05) is 14.2 Å². The molecule has 0 heterocycles. The van der Waals surface area contributed by atoms with Crippen LogP contribution in [0.2, 0.25) is 0 Å². The molecule has 0 aliphatic heterocycles. The Morgan fingerprint density at radius 2 is 1.00 bits per heavy atom. The van der Waals surface area contributed by atoms with Gasteiger partial charge in [-0.3, -0.25) is 0 Å². The predicted octanol–water partition coefficient (Wildman–Crippen LogP) is -0.472. The van der Waals surface area contributed by atoms with Crippen LogP contribution in [0.1, 0.15) is 0 Å². The molecule has 2 N–H and O–H groups in total. The van der Waals surface area contributed by atoms with Crippen molar-refractivity contribution in [2.45, 2.75) is 0 Å². The fourth-order valence-corrected chi connectivity index (χ4v) is 0. The van der Waals surface area contributed by atoms with Crippen molar-refractivity contribution < 1.29 is 15.7 Å². The Morgan fingerprint density at radius 1 is 1.00 bits per heavy atom. The zero-order valence-electron chi connectivity index (χ0n) is 4.01. The van der Waals surface area contributed by atoms with E-state index < -0.39 is 0 Å². The summed E-state index contributed by atoms with van der Waals surface area (Å²) >= 11 is 0. The van der Waals surface area contributed by atoms with E-state index in [0.29, 0.717) is 0 Å². The molecule has 0 spiro atoms. The summed E-state index contributed by atoms with van der Waals surface area (Å²) in [4.78, 5) is 0. The van der Waals surface area contributed by atoms with Gasteiger partial charge in [0.05, 0.1) is 0 Å². The van der Waals surface area contributed by atoms with Gasteiger partial charge in [0.15, 0.2) is 0 Å². The van der Waals surface area contributed by atoms with Gasteiger partial charge in [-0.2, -0.15) is 0 Å². The third kappa shape index (κ3) is 51.3. The van der Waals surface area contributed by atoms with Gasteiger partial charge in [0.2, 0.25) is 0 Å². The van der Waals surface area contributed by atoms with Crippen molar-refractivity contribution in [3.05, 3.63) is 0 Å². The van der Waals surface area contributed by atoms with Crippen LogP contribution in [0.25, 0.3) is 0 Å². The SMILES string of the molecule is COC.[Ba+2].[OH-].[OH-]. The van der Waals surface area contributed by atoms with Crippen LogP contribution in [0.15, 0.2) is 0 Å². The number of methoxy groups -OCH3 is 1. The molecular formula is C2H8BaO3. The Morgan fingerprint density at radius 3 is 1.00 bits per heavy atom. The first-order chi connectivity index (χ1) is 1.41. The van der Waals surface area contributed by atoms with Crippen molar-refractivity contribution >= 4 is 48.9 Å². The van der Waals surface area contributed by atoms with E-state index in [1.807, 2.05) is 0 Å². The van der Waals surface area contributed by atoms with E-state index in [4.69, 9.17) is 0 Å². The summed E-state index contributed by atoms with van der Waals surface area (Å²) in [6.07, 6.45) is 0. The molecule has 0 amide bonds. The Labute approximate surface area is 77.8 Å². The minimum absolute atomic E-state index is 0. The fourth-order valence-electron chi connectivity index (χ4n) is 0. The molecule has 0 radical (unpaired) electrons. The minimum atomic E-state index is 0. The Kier molecular flexibility index (Phi) is 138. The summed E-state index contributed by atoms with van der Waals surface area (Å²) in [6.45, 7) is 0. The Bertz CT molecular complexity index is 8.75. The summed E-state index contributed by atoms with van der Waals surface area (Å²) in [5.74, 6) is 0. The van der Waals surface area contributed by atoms with E-state index in [1.165, 1.54) is 0 Å². The number of hydrogen-bond acceptors (Lipinski definition) is 3. The quantitative estimate of drug-likeness (QED) is 0.515. The van der Waals surface area contributed by atoms with Crippen molar-refractivity contribution in [2.24, 2.45) is 0 Å². The van der Waals surface area contributed by atoms with Crippen LogP contribution in [0.5, 0.6) is 0 Å². The van der Waals surface area contributed by atoms with E-state index in [0.717, 1.165) is 0 Å². The maximum atomic E-state index is 4.25. The first kappa shape index (κ1) is 26.0. The predicted molar refractivity (Wildman–Crippen MR) is 22.6 cm³/mol. The molecule has 0 aliphatic rings. The largest absolute Gasteiger partial charge is 2.00 e. The molecule has 0 saturated heterocycles. The van der Waals surface area contributed by atoms with Crippen molar-refractivity contribution in [3.8, 4) is 0 Å². The van der Waals surface area contributed by atoms with Crippen LogP contribution in [0, 0.1) is 0 Å². The molecular weight excluding hydrogens is 209 g/mol. The topological polar surface area (TPSA) is 69.2 Å². The standard InChI is InChI=1S/C2H6O.Ba.2H2O/c1-3-2;;;/h1-2H3;;2*1H2/q;+2;;/p-2. The molecule has 4 heteroatoms. The van der Waals surface area contributed by atoms with Gasteiger partial charge in [-0.1, -0.05) is 0 Å². The average molecular weight is 217 g/mol. The van der Waals surface area contributed by atoms with Gasteiger partial charge in [-0.05, 0) is 0 Å². The number of ether oxygens (including phenoxy) is 1. The molecule has 0 rings (SSSR count). The van der Waals surface area contributed by atoms with Gasteiger partial charge in [0.25, 0.3) is 0 Å². The van der Waals surface area contributed by atoms with Gasteiger partial charge < -0.3 is 15.7 Å². The summed E-state index contributed by atoms with van der Waals surface area (Å²) in [7, 11) is 3.25. The van der Waals surface area contributed by atoms with E-state index in [1.54, 1.807) is 14.2 Å². The smallest absolute Gasteiger partial charge is 0.870 e. The average Bonchev–Trinajstić information content (AvgIpc) is 0.918. The maximum absolute atomic E-state index is 4.25. The van der Waals surface area contributed by atoms with E-state index in [9.17, 15) is 0 Å². The van der Waals surface area contributed by atoms with Crippen molar-refractivity contribution in [2.75, 3.05) is 14.2 Å². The molecule has 0 atom stereocenters. The fraction of sp³-hybridized carbons (Fsp3) is 1.00. The summed E-state index contributed by atoms with van der Waals surface area (Å²) < 4.78 is 4.25. The first-order valence-electron chi connectivity index (χ1n) is 0.816. The van der Waals surface area contributed by atoms with Crippen LogP contribution in [0.3, 0.4) is 0 Å². The van der Waals surface area contributed by atoms with Gasteiger partial charge >= 0.3 is 48.9 Å². The monoisotopic (exact) mass is 218 g/mol. The van der Waals surface area contributed by atoms with Gasteiger partial charge in [-0.15, -0.1) is 0 Å². The van der Waals surface area contributed by atoms with Gasteiger partial charge in [0.1, 0.15) is 0 Å². The molecule has 0 aromatic rings. The van der Waals surface area contributed by atoms with Crippen LogP contribution in [0.4, 0.5) is 0 Å². The minimum Gasteiger partial charge on any atom is -0.870 e. The van der Waals surface area contributed by atoms with Crippen molar-refractivity contribution in [1.29, 1.82) is 0 Å². The maximum Gasteiger partial charge on any atom is 2.00 e. The van der Waals surface area contributed by atoms with E-state index in [-0.39, 0.29) is 59.8 Å². The zero-order valence-corrected chi connectivity index (χ0v) is 8.45. The number of rotatable bonds is 0. The van der Waals surface area contributed by atoms with Crippen LogP contribution < -0.4 is 0 Å². The van der Waals surface area contributed by atoms with Crippen LogP contribution >= 0.6 is 0 Å². The normalized spacial score (nSPS) is 3.00. The second-order valence-electron chi connectivity index (χ2n) is 0.408. The molecule has 0 bridgehead atoms. The molecule has 0 aromatic carbocycles. The third-order valence-electron chi connectivity index (χ3n) is 0. The van der Waals surface area contributed by atoms with Gasteiger partial charge in [-0.25, -0.2) is 0 Å². The molecule has 36 valence electrons. The van der Waals surface area contributed by atoms with Crippen molar-refractivity contribution in [3.63, 3.8) is 0 Å². The summed E-state index contributed by atoms with van der Waals surface area (Å²) in [5, 5.41) is 0. The molecule has 0 aliphatic carbocycles. The molecule has 6 heavy (non-hydrogen) atoms. The zero-order chi connectivity index (χ0) is 2.71. The second-order valence-corrected chi connectivity index (χ2v) is 0.408. The third-order valence-corrected chi connectivity index (χ3v) is 0. The summed E-state index contributed by atoms with van der Waals surface area (Å²) in [6, 6.07) is 0. The Hall–Kier alpha value is 1.45. The van der Waals surface area contributed by atoms with Crippen molar-refractivity contribution in [1.82, 2.24) is 0 Å². The first-order valence-corrected chi connectivity index (χ1v) is 0.816. The molecule has 0 aromatic heterocycles. The van der Waals surface area contributed by atoms with E-state index in [2.05, 4.69) is 4.74 Å². The second kappa shape index (κ2) is 31.9. The molecule has 0 unspecified atom stereocenters. The molecule has 0 saturated carbocycles. The molecule has 0 fully saturated rings. The van der Waals surface area contributed by atoms with E-state index >= 15 is 0 Å². The number of hydrogen-bond donors (Lipinski definition) is 0.